The number of alkyl halides is 2. The zero-order valence-electron chi connectivity index (χ0n) is 13.6. The van der Waals surface area contributed by atoms with Crippen molar-refractivity contribution in [3.63, 3.8) is 0 Å². The third-order valence-corrected chi connectivity index (χ3v) is 4.03. The fraction of sp³-hybridized carbons (Fsp3) is 0.250. The lowest BCUT2D eigenvalue weighted by molar-refractivity contribution is -0.117. The van der Waals surface area contributed by atoms with Crippen molar-refractivity contribution in [3.05, 3.63) is 47.3 Å². The first-order valence-corrected chi connectivity index (χ1v) is 7.70. The van der Waals surface area contributed by atoms with Crippen molar-refractivity contribution in [1.29, 1.82) is 0 Å². The summed E-state index contributed by atoms with van der Waals surface area (Å²) in [5, 5.41) is 2.22. The summed E-state index contributed by atoms with van der Waals surface area (Å²) in [5.41, 5.74) is -1.07. The number of nitrogens with zero attached hydrogens (tertiary/aromatic N) is 3. The molecule has 0 spiro atoms. The Morgan fingerprint density at radius 3 is 2.59 bits per heavy atom. The largest absolute Gasteiger partial charge is 0.328 e. The van der Waals surface area contributed by atoms with E-state index in [-0.39, 0.29) is 17.0 Å². The van der Waals surface area contributed by atoms with Gasteiger partial charge in [0.15, 0.2) is 5.82 Å². The zero-order valence-corrected chi connectivity index (χ0v) is 13.6. The molecule has 0 saturated heterocycles. The average Bonchev–Trinajstić information content (AvgIpc) is 2.62. The lowest BCUT2D eigenvalue weighted by Crippen LogP contribution is -2.46. The Balaban J connectivity index is 1.82. The fourth-order valence-electron chi connectivity index (χ4n) is 2.80. The summed E-state index contributed by atoms with van der Waals surface area (Å²) >= 11 is 0. The molecule has 0 aliphatic carbocycles. The summed E-state index contributed by atoms with van der Waals surface area (Å²) in [5.74, 6) is -5.17. The topological polar surface area (TPSA) is 75.2 Å². The Hall–Kier alpha value is -2.98. The maximum absolute atomic E-state index is 14.2. The number of benzene rings is 1. The first kappa shape index (κ1) is 18.8. The van der Waals surface area contributed by atoms with E-state index in [4.69, 9.17) is 7.85 Å². The van der Waals surface area contributed by atoms with Gasteiger partial charge in [-0.3, -0.25) is 14.9 Å². The van der Waals surface area contributed by atoms with E-state index in [0.717, 1.165) is 29.4 Å². The number of aromatic nitrogens is 2. The molecule has 2 heterocycles. The normalized spacial score (nSPS) is 16.4. The van der Waals surface area contributed by atoms with Crippen LogP contribution in [0.25, 0.3) is 0 Å². The van der Waals surface area contributed by atoms with Crippen LogP contribution in [0.1, 0.15) is 21.8 Å². The second-order valence-electron chi connectivity index (χ2n) is 5.83. The Labute approximate surface area is 152 Å². The van der Waals surface area contributed by atoms with Crippen molar-refractivity contribution in [1.82, 2.24) is 14.9 Å². The predicted molar refractivity (Wildman–Crippen MR) is 87.1 cm³/mol. The second kappa shape index (κ2) is 7.33. The molecule has 27 heavy (non-hydrogen) atoms. The van der Waals surface area contributed by atoms with Gasteiger partial charge in [-0.1, -0.05) is 11.5 Å². The van der Waals surface area contributed by atoms with Crippen LogP contribution in [-0.2, 0) is 4.79 Å². The molecule has 1 N–H and O–H groups in total. The summed E-state index contributed by atoms with van der Waals surface area (Å²) in [6, 6.07) is 2.25. The molecule has 6 nitrogen and oxygen atoms in total. The van der Waals surface area contributed by atoms with E-state index >= 15 is 0 Å². The third kappa shape index (κ3) is 3.76. The van der Waals surface area contributed by atoms with Gasteiger partial charge in [0, 0.05) is 17.7 Å². The summed E-state index contributed by atoms with van der Waals surface area (Å²) in [6.45, 7) is -1.16. The Bertz CT molecular complexity index is 895. The van der Waals surface area contributed by atoms with Gasteiger partial charge >= 0.3 is 0 Å². The minimum atomic E-state index is -2.97. The van der Waals surface area contributed by atoms with Crippen LogP contribution in [0, 0.1) is 11.6 Å². The molecule has 2 aromatic rings. The Kier molecular flexibility index (Phi) is 5.11. The lowest BCUT2D eigenvalue weighted by atomic mass is 9.83. The molecule has 1 aliphatic heterocycles. The molecule has 0 fully saturated rings. The van der Waals surface area contributed by atoms with Crippen LogP contribution in [0.3, 0.4) is 0 Å². The minimum Gasteiger partial charge on any atom is -0.328 e. The summed E-state index contributed by atoms with van der Waals surface area (Å²) < 4.78 is 53.9. The first-order chi connectivity index (χ1) is 12.8. The predicted octanol–water partition coefficient (Wildman–Crippen LogP) is 0.992. The van der Waals surface area contributed by atoms with Crippen molar-refractivity contribution in [2.75, 3.05) is 18.4 Å². The number of amides is 2. The van der Waals surface area contributed by atoms with E-state index in [2.05, 4.69) is 15.3 Å². The number of nitrogens with one attached hydrogen (secondary N) is 1. The maximum atomic E-state index is 14.2. The molecule has 138 valence electrons. The van der Waals surface area contributed by atoms with Gasteiger partial charge in [-0.05, 0) is 6.07 Å². The molecule has 1 aromatic heterocycles. The highest BCUT2D eigenvalue weighted by Gasteiger charge is 2.39. The van der Waals surface area contributed by atoms with Crippen LogP contribution >= 0.6 is 0 Å². The van der Waals surface area contributed by atoms with Gasteiger partial charge < -0.3 is 4.90 Å². The van der Waals surface area contributed by atoms with Crippen molar-refractivity contribution < 1.29 is 27.2 Å². The van der Waals surface area contributed by atoms with Crippen LogP contribution in [0.5, 0.6) is 0 Å². The molecular weight excluding hydrogens is 367 g/mol. The zero-order chi connectivity index (χ0) is 19.7. The molecular formula is C16H11BF4N4O2. The SMILES string of the molecule is [B]c1ccc2c(c1F)C(C(F)F)CN(CC(=O)Nc1ncc(F)cn1)C2=O. The number of carbonyl (C=O) groups excluding carboxylic acids is 2. The van der Waals surface area contributed by atoms with Crippen LogP contribution in [0.2, 0.25) is 0 Å². The monoisotopic (exact) mass is 378 g/mol. The van der Waals surface area contributed by atoms with Crippen molar-refractivity contribution in [3.8, 4) is 0 Å². The van der Waals surface area contributed by atoms with E-state index < -0.39 is 54.4 Å². The molecule has 1 unspecified atom stereocenters. The Morgan fingerprint density at radius 2 is 1.96 bits per heavy atom. The third-order valence-electron chi connectivity index (χ3n) is 4.03. The molecule has 1 atom stereocenters. The summed E-state index contributed by atoms with van der Waals surface area (Å²) in [6.07, 6.45) is -1.32. The molecule has 2 radical (unpaired) electrons. The highest BCUT2D eigenvalue weighted by molar-refractivity contribution is 6.32. The fourth-order valence-corrected chi connectivity index (χ4v) is 2.80. The first-order valence-electron chi connectivity index (χ1n) is 7.70. The van der Waals surface area contributed by atoms with Gasteiger partial charge in [-0.15, -0.1) is 0 Å². The molecule has 0 saturated carbocycles. The van der Waals surface area contributed by atoms with Crippen molar-refractivity contribution in [2.24, 2.45) is 0 Å². The summed E-state index contributed by atoms with van der Waals surface area (Å²) in [7, 11) is 5.41. The van der Waals surface area contributed by atoms with Crippen molar-refractivity contribution >= 4 is 31.1 Å². The highest BCUT2D eigenvalue weighted by Crippen LogP contribution is 2.33. The minimum absolute atomic E-state index is 0.213. The van der Waals surface area contributed by atoms with Crippen LogP contribution < -0.4 is 10.8 Å². The number of rotatable bonds is 4. The maximum Gasteiger partial charge on any atom is 0.254 e. The van der Waals surface area contributed by atoms with Crippen LogP contribution in [0.4, 0.5) is 23.5 Å². The van der Waals surface area contributed by atoms with Gasteiger partial charge in [0.25, 0.3) is 5.91 Å². The van der Waals surface area contributed by atoms with Gasteiger partial charge in [0.1, 0.15) is 20.2 Å². The number of fused-ring (bicyclic) bond motifs is 1. The highest BCUT2D eigenvalue weighted by atomic mass is 19.3. The smallest absolute Gasteiger partial charge is 0.254 e. The number of hydrogen-bond donors (Lipinski definition) is 1. The van der Waals surface area contributed by atoms with Gasteiger partial charge in [0.05, 0.1) is 18.3 Å². The second-order valence-corrected chi connectivity index (χ2v) is 5.83. The number of carbonyl (C=O) groups is 2. The van der Waals surface area contributed by atoms with E-state index in [1.165, 1.54) is 0 Å². The quantitative estimate of drug-likeness (QED) is 0.636. The van der Waals surface area contributed by atoms with Crippen LogP contribution in [-0.4, -0.2) is 54.0 Å². The van der Waals surface area contributed by atoms with Gasteiger partial charge in [-0.2, -0.15) is 0 Å². The molecule has 11 heteroatoms. The molecule has 1 aliphatic rings. The lowest BCUT2D eigenvalue weighted by Gasteiger charge is -2.34. The molecule has 0 bridgehead atoms. The van der Waals surface area contributed by atoms with Gasteiger partial charge in [0.2, 0.25) is 18.3 Å². The number of hydrogen-bond acceptors (Lipinski definition) is 4. The van der Waals surface area contributed by atoms with E-state index in [9.17, 15) is 27.2 Å². The van der Waals surface area contributed by atoms with E-state index in [0.29, 0.717) is 0 Å². The number of anilines is 1. The number of halogens is 4. The molecule has 3 rings (SSSR count). The Morgan fingerprint density at radius 1 is 1.30 bits per heavy atom. The van der Waals surface area contributed by atoms with E-state index in [1.54, 1.807) is 0 Å². The van der Waals surface area contributed by atoms with Gasteiger partial charge in [-0.25, -0.2) is 27.5 Å². The van der Waals surface area contributed by atoms with Crippen LogP contribution in [0.15, 0.2) is 24.5 Å². The van der Waals surface area contributed by atoms with E-state index in [1.807, 2.05) is 0 Å². The van der Waals surface area contributed by atoms with Crippen molar-refractivity contribution in [2.45, 2.75) is 12.3 Å². The summed E-state index contributed by atoms with van der Waals surface area (Å²) in [4.78, 5) is 32.5. The molecule has 1 aromatic carbocycles. The molecule has 2 amide bonds. The average molecular weight is 378 g/mol. The standard InChI is InChI=1S/C16H11BF4N4O2/c17-10-2-1-8-12(13(10)19)9(14(20)21)5-25(15(8)27)6-11(26)24-16-22-3-7(18)4-23-16/h1-4,9,14H,5-6H2,(H,22,23,24,26).